The number of halogens is 2. The molecule has 1 aliphatic rings. The molecule has 6 heteroatoms. The van der Waals surface area contributed by atoms with Crippen LogP contribution in [-0.2, 0) is 4.79 Å². The fraction of sp³-hybridized carbons (Fsp3) is 0.154. The second kappa shape index (κ2) is 8.93. The number of thioether (sulfide) groups is 1. The van der Waals surface area contributed by atoms with Crippen molar-refractivity contribution in [2.75, 3.05) is 4.90 Å². The van der Waals surface area contributed by atoms with E-state index < -0.39 is 5.82 Å². The molecule has 0 aliphatic carbocycles. The van der Waals surface area contributed by atoms with E-state index in [4.69, 9.17) is 16.6 Å². The monoisotopic (exact) mass is 464 g/mol. The van der Waals surface area contributed by atoms with Crippen molar-refractivity contribution in [1.82, 2.24) is 0 Å². The highest BCUT2D eigenvalue weighted by molar-refractivity contribution is 8.19. The molecule has 3 aromatic rings. The Bertz CT molecular complexity index is 1280. The molecule has 32 heavy (non-hydrogen) atoms. The largest absolute Gasteiger partial charge is 0.271 e. The first-order valence-electron chi connectivity index (χ1n) is 10.2. The summed E-state index contributed by atoms with van der Waals surface area (Å²) >= 11 is 7.41. The van der Waals surface area contributed by atoms with Crippen molar-refractivity contribution in [3.05, 3.63) is 98.2 Å². The molecule has 1 heterocycles. The van der Waals surface area contributed by atoms with Crippen LogP contribution in [0.5, 0.6) is 0 Å². The lowest BCUT2D eigenvalue weighted by Crippen LogP contribution is -2.28. The molecule has 0 saturated carbocycles. The maximum Gasteiger partial charge on any atom is 0.271 e. The van der Waals surface area contributed by atoms with E-state index >= 15 is 0 Å². The number of carbonyl (C=O) groups excluding carboxylic acids is 1. The number of benzene rings is 3. The van der Waals surface area contributed by atoms with Crippen LogP contribution in [-0.4, -0.2) is 11.1 Å². The molecule has 0 aromatic heterocycles. The number of amides is 1. The topological polar surface area (TPSA) is 32.7 Å². The maximum atomic E-state index is 14.4. The third kappa shape index (κ3) is 4.36. The minimum Gasteiger partial charge on any atom is -0.268 e. The van der Waals surface area contributed by atoms with Crippen molar-refractivity contribution >= 4 is 51.9 Å². The van der Waals surface area contributed by atoms with Crippen LogP contribution < -0.4 is 4.90 Å². The van der Waals surface area contributed by atoms with Gasteiger partial charge in [0.25, 0.3) is 5.91 Å². The molecular formula is C26H22ClFN2OS. The van der Waals surface area contributed by atoms with Crippen molar-refractivity contribution in [3.63, 3.8) is 0 Å². The molecule has 0 unspecified atom stereocenters. The molecule has 0 N–H and O–H groups in total. The lowest BCUT2D eigenvalue weighted by molar-refractivity contribution is -0.113. The fourth-order valence-corrected chi connectivity index (χ4v) is 4.53. The molecule has 1 aliphatic heterocycles. The quantitative estimate of drug-likeness (QED) is 0.375. The molecular weight excluding hydrogens is 443 g/mol. The normalized spacial score (nSPS) is 16.4. The molecule has 0 bridgehead atoms. The number of amidine groups is 1. The van der Waals surface area contributed by atoms with E-state index in [1.165, 1.54) is 35.5 Å². The minimum absolute atomic E-state index is 0.192. The van der Waals surface area contributed by atoms with E-state index in [-0.39, 0.29) is 16.5 Å². The number of nitrogens with zero attached hydrogens (tertiary/aromatic N) is 2. The van der Waals surface area contributed by atoms with Crippen LogP contribution in [0.25, 0.3) is 6.08 Å². The molecule has 0 spiro atoms. The van der Waals surface area contributed by atoms with Gasteiger partial charge >= 0.3 is 0 Å². The van der Waals surface area contributed by atoms with Gasteiger partial charge in [-0.2, -0.15) is 0 Å². The average molecular weight is 465 g/mol. The Morgan fingerprint density at radius 2 is 1.62 bits per heavy atom. The van der Waals surface area contributed by atoms with Crippen molar-refractivity contribution in [2.45, 2.75) is 27.7 Å². The second-order valence-corrected chi connectivity index (χ2v) is 9.23. The van der Waals surface area contributed by atoms with Gasteiger partial charge in [0.2, 0.25) is 0 Å². The number of rotatable bonds is 3. The van der Waals surface area contributed by atoms with Crippen molar-refractivity contribution in [2.24, 2.45) is 4.99 Å². The Morgan fingerprint density at radius 3 is 2.28 bits per heavy atom. The van der Waals surface area contributed by atoms with Crippen molar-refractivity contribution in [1.29, 1.82) is 0 Å². The van der Waals surface area contributed by atoms with Crippen LogP contribution in [0.2, 0.25) is 5.02 Å². The summed E-state index contributed by atoms with van der Waals surface area (Å²) in [6.07, 6.45) is 1.50. The summed E-state index contributed by atoms with van der Waals surface area (Å²) in [6, 6.07) is 16.2. The SMILES string of the molecule is Cc1ccc(N=C2S/C(=C\c3c(F)cccc3Cl)C(=O)N2c2ccc(C)c(C)c2)cc1C. The highest BCUT2D eigenvalue weighted by Crippen LogP contribution is 2.39. The molecule has 0 radical (unpaired) electrons. The molecule has 0 atom stereocenters. The number of aliphatic imine (C=N–C) groups is 1. The first kappa shape index (κ1) is 22.3. The molecule has 1 saturated heterocycles. The predicted molar refractivity (Wildman–Crippen MR) is 133 cm³/mol. The summed E-state index contributed by atoms with van der Waals surface area (Å²) in [4.78, 5) is 20.2. The van der Waals surface area contributed by atoms with Gasteiger partial charge in [-0.1, -0.05) is 29.8 Å². The summed E-state index contributed by atoms with van der Waals surface area (Å²) in [5.41, 5.74) is 6.16. The van der Waals surface area contributed by atoms with Crippen LogP contribution in [0.3, 0.4) is 0 Å². The van der Waals surface area contributed by atoms with Crippen LogP contribution in [0.15, 0.2) is 64.5 Å². The van der Waals surface area contributed by atoms with Crippen molar-refractivity contribution in [3.8, 4) is 0 Å². The van der Waals surface area contributed by atoms with Gasteiger partial charge in [0.05, 0.1) is 21.3 Å². The Balaban J connectivity index is 1.84. The molecule has 1 fully saturated rings. The van der Waals surface area contributed by atoms with Crippen molar-refractivity contribution < 1.29 is 9.18 Å². The van der Waals surface area contributed by atoms with Gasteiger partial charge in [-0.3, -0.25) is 9.69 Å². The zero-order chi connectivity index (χ0) is 23.0. The summed E-state index contributed by atoms with van der Waals surface area (Å²) in [6.45, 7) is 8.09. The average Bonchev–Trinajstić information content (AvgIpc) is 3.04. The molecule has 162 valence electrons. The van der Waals surface area contributed by atoms with Crippen LogP contribution in [0.1, 0.15) is 27.8 Å². The van der Waals surface area contributed by atoms with E-state index in [9.17, 15) is 9.18 Å². The molecule has 3 aromatic carbocycles. The van der Waals surface area contributed by atoms with Gasteiger partial charge in [-0.15, -0.1) is 0 Å². The number of aryl methyl sites for hydroxylation is 4. The summed E-state index contributed by atoms with van der Waals surface area (Å²) < 4.78 is 14.4. The highest BCUT2D eigenvalue weighted by Gasteiger charge is 2.35. The minimum atomic E-state index is -0.476. The Hall–Kier alpha value is -2.89. The third-order valence-corrected chi connectivity index (χ3v) is 6.84. The van der Waals surface area contributed by atoms with Crippen LogP contribution in [0.4, 0.5) is 15.8 Å². The summed E-state index contributed by atoms with van der Waals surface area (Å²) in [5.74, 6) is -0.740. The van der Waals surface area contributed by atoms with Gasteiger partial charge in [0.1, 0.15) is 5.82 Å². The highest BCUT2D eigenvalue weighted by atomic mass is 35.5. The smallest absolute Gasteiger partial charge is 0.268 e. The van der Waals surface area contributed by atoms with E-state index in [0.717, 1.165) is 28.1 Å². The third-order valence-electron chi connectivity index (χ3n) is 5.55. The standard InChI is InChI=1S/C26H22ClFN2OS/c1-15-8-10-19(12-17(15)3)29-26-30(20-11-9-16(2)18(4)13-20)25(31)24(32-26)14-21-22(27)6-5-7-23(21)28/h5-14H,1-4H3/b24-14-,29-26?. The molecule has 4 rings (SSSR count). The van der Waals surface area contributed by atoms with E-state index in [2.05, 4.69) is 0 Å². The zero-order valence-electron chi connectivity index (χ0n) is 18.2. The number of carbonyl (C=O) groups is 1. The fourth-order valence-electron chi connectivity index (χ4n) is 3.33. The molecule has 3 nitrogen and oxygen atoms in total. The van der Waals surface area contributed by atoms with Gasteiger partial charge in [-0.05, 0) is 104 Å². The lowest BCUT2D eigenvalue weighted by Gasteiger charge is -2.17. The Morgan fingerprint density at radius 1 is 0.938 bits per heavy atom. The summed E-state index contributed by atoms with van der Waals surface area (Å²) in [5, 5.41) is 0.767. The van der Waals surface area contributed by atoms with Crippen LogP contribution >= 0.6 is 23.4 Å². The zero-order valence-corrected chi connectivity index (χ0v) is 19.8. The van der Waals surface area contributed by atoms with Gasteiger partial charge in [0, 0.05) is 5.56 Å². The van der Waals surface area contributed by atoms with Crippen LogP contribution in [0, 0.1) is 33.5 Å². The van der Waals surface area contributed by atoms with E-state index in [0.29, 0.717) is 10.1 Å². The number of anilines is 1. The summed E-state index contributed by atoms with van der Waals surface area (Å²) in [7, 11) is 0. The number of hydrogen-bond donors (Lipinski definition) is 0. The molecule has 1 amide bonds. The van der Waals surface area contributed by atoms with Gasteiger partial charge in [0.15, 0.2) is 5.17 Å². The first-order chi connectivity index (χ1) is 15.2. The predicted octanol–water partition coefficient (Wildman–Crippen LogP) is 7.52. The lowest BCUT2D eigenvalue weighted by atomic mass is 10.1. The first-order valence-corrected chi connectivity index (χ1v) is 11.4. The van der Waals surface area contributed by atoms with Gasteiger partial charge < -0.3 is 0 Å². The van der Waals surface area contributed by atoms with Gasteiger partial charge in [-0.25, -0.2) is 9.38 Å². The second-order valence-electron chi connectivity index (χ2n) is 7.82. The Kier molecular flexibility index (Phi) is 6.22. The van der Waals surface area contributed by atoms with E-state index in [1.54, 1.807) is 11.0 Å². The Labute approximate surface area is 196 Å². The number of hydrogen-bond acceptors (Lipinski definition) is 3. The van der Waals surface area contributed by atoms with E-state index in [1.807, 2.05) is 64.1 Å². The maximum absolute atomic E-state index is 14.4.